The van der Waals surface area contributed by atoms with Gasteiger partial charge in [-0.2, -0.15) is 0 Å². The Morgan fingerprint density at radius 2 is 1.95 bits per heavy atom. The van der Waals surface area contributed by atoms with E-state index in [9.17, 15) is 9.18 Å². The zero-order valence-corrected chi connectivity index (χ0v) is 24.2. The number of aromatic nitrogens is 1. The number of carbonyl (C=O) groups is 1. The molecule has 210 valence electrons. The third kappa shape index (κ3) is 8.29. The van der Waals surface area contributed by atoms with Gasteiger partial charge in [0.05, 0.1) is 5.02 Å². The second kappa shape index (κ2) is 14.7. The molecule has 0 saturated carbocycles. The summed E-state index contributed by atoms with van der Waals surface area (Å²) in [6.45, 7) is 18.0. The van der Waals surface area contributed by atoms with Gasteiger partial charge in [-0.15, -0.1) is 0 Å². The van der Waals surface area contributed by atoms with Crippen LogP contribution in [-0.2, 0) is 6.54 Å². The maximum Gasteiger partial charge on any atom is 0.315 e. The summed E-state index contributed by atoms with van der Waals surface area (Å²) in [4.78, 5) is 23.6. The molecule has 2 aliphatic heterocycles. The Balaban J connectivity index is 1.55. The number of allylic oxidation sites excluding steroid dienone is 3. The van der Waals surface area contributed by atoms with Crippen LogP contribution in [-0.4, -0.2) is 78.7 Å². The summed E-state index contributed by atoms with van der Waals surface area (Å²) < 4.78 is 14.5. The van der Waals surface area contributed by atoms with E-state index in [2.05, 4.69) is 43.8 Å². The highest BCUT2D eigenvalue weighted by molar-refractivity contribution is 6.33. The lowest BCUT2D eigenvalue weighted by molar-refractivity contribution is 0.0658. The molecule has 0 bridgehead atoms. The van der Waals surface area contributed by atoms with E-state index in [-0.39, 0.29) is 11.9 Å². The maximum absolute atomic E-state index is 14.5. The van der Waals surface area contributed by atoms with E-state index in [1.54, 1.807) is 18.3 Å². The number of urea groups is 1. The van der Waals surface area contributed by atoms with E-state index in [0.29, 0.717) is 42.3 Å². The zero-order chi connectivity index (χ0) is 27.7. The Morgan fingerprint density at radius 3 is 2.55 bits per heavy atom. The van der Waals surface area contributed by atoms with Gasteiger partial charge in [0, 0.05) is 63.1 Å². The van der Waals surface area contributed by atoms with Crippen LogP contribution >= 0.6 is 11.6 Å². The number of likely N-dealkylation sites (tertiary alicyclic amines) is 1. The van der Waals surface area contributed by atoms with Crippen LogP contribution in [0.4, 0.5) is 15.0 Å². The molecule has 0 aromatic carbocycles. The molecule has 2 fully saturated rings. The average Bonchev–Trinajstić information content (AvgIpc) is 2.90. The molecule has 3 heterocycles. The van der Waals surface area contributed by atoms with E-state index < -0.39 is 0 Å². The number of piperidine rings is 1. The summed E-state index contributed by atoms with van der Waals surface area (Å²) in [7, 11) is 0. The first-order valence-electron chi connectivity index (χ1n) is 13.8. The first-order valence-corrected chi connectivity index (χ1v) is 14.2. The normalized spacial score (nSPS) is 20.1. The van der Waals surface area contributed by atoms with Crippen molar-refractivity contribution in [2.24, 2.45) is 0 Å². The third-order valence-electron chi connectivity index (χ3n) is 7.36. The number of pyridine rings is 1. The standard InChI is InChI=1S/C29H44ClFN6O/c1-6-23(27(31)15-21(4)5)19-35-11-9-25(10-12-35)37-14-13-36(20-24(37)7-2)28-26(30)16-22(17-33-28)18-34-29(38)32-8-3/h6,15-17,24-25H,1,7-14,18-20H2,2-5H3,(H2,32,34,38)/b27-23-. The number of amides is 2. The Hall–Kier alpha value is -2.42. The SMILES string of the molecule is C=C/C(CN1CCC(N2CCN(c3ncc(CNC(=O)NCC)cc3Cl)CC2CC)CC1)=C(/F)C=C(C)C. The number of halogens is 2. The summed E-state index contributed by atoms with van der Waals surface area (Å²) in [6.07, 6.45) is 8.25. The van der Waals surface area contributed by atoms with E-state index in [0.717, 1.165) is 68.9 Å². The molecule has 38 heavy (non-hydrogen) atoms. The number of nitrogens with one attached hydrogen (secondary N) is 2. The van der Waals surface area contributed by atoms with Gasteiger partial charge in [0.15, 0.2) is 0 Å². The van der Waals surface area contributed by atoms with Crippen LogP contribution < -0.4 is 15.5 Å². The molecular formula is C29H44ClFN6O. The Morgan fingerprint density at radius 1 is 1.21 bits per heavy atom. The first kappa shape index (κ1) is 30.1. The molecular weight excluding hydrogens is 503 g/mol. The van der Waals surface area contributed by atoms with Gasteiger partial charge < -0.3 is 15.5 Å². The van der Waals surface area contributed by atoms with Crippen molar-refractivity contribution in [1.82, 2.24) is 25.4 Å². The van der Waals surface area contributed by atoms with E-state index >= 15 is 0 Å². The summed E-state index contributed by atoms with van der Waals surface area (Å²) in [5, 5.41) is 6.14. The van der Waals surface area contributed by atoms with Crippen LogP contribution in [0.2, 0.25) is 5.02 Å². The van der Waals surface area contributed by atoms with Gasteiger partial charge in [-0.25, -0.2) is 14.2 Å². The topological polar surface area (TPSA) is 63.7 Å². The smallest absolute Gasteiger partial charge is 0.315 e. The van der Waals surface area contributed by atoms with Gasteiger partial charge in [0.25, 0.3) is 0 Å². The van der Waals surface area contributed by atoms with Gasteiger partial charge >= 0.3 is 6.03 Å². The molecule has 2 saturated heterocycles. The molecule has 0 spiro atoms. The highest BCUT2D eigenvalue weighted by atomic mass is 35.5. The molecule has 2 amide bonds. The lowest BCUT2D eigenvalue weighted by Crippen LogP contribution is -2.58. The van der Waals surface area contributed by atoms with Crippen molar-refractivity contribution < 1.29 is 9.18 Å². The van der Waals surface area contributed by atoms with Crippen molar-refractivity contribution in [3.05, 3.63) is 58.6 Å². The predicted molar refractivity (Wildman–Crippen MR) is 155 cm³/mol. The second-order valence-electron chi connectivity index (χ2n) is 10.4. The largest absolute Gasteiger partial charge is 0.353 e. The van der Waals surface area contributed by atoms with Crippen LogP contribution in [0.25, 0.3) is 0 Å². The third-order valence-corrected chi connectivity index (χ3v) is 7.63. The zero-order valence-electron chi connectivity index (χ0n) is 23.4. The Bertz CT molecular complexity index is 1020. The molecule has 1 atom stereocenters. The maximum atomic E-state index is 14.5. The Kier molecular flexibility index (Phi) is 11.6. The molecule has 9 heteroatoms. The van der Waals surface area contributed by atoms with Crippen molar-refractivity contribution >= 4 is 23.4 Å². The quantitative estimate of drug-likeness (QED) is 0.390. The van der Waals surface area contributed by atoms with Crippen LogP contribution in [0.3, 0.4) is 0 Å². The van der Waals surface area contributed by atoms with Gasteiger partial charge in [-0.3, -0.25) is 9.80 Å². The minimum absolute atomic E-state index is 0.178. The van der Waals surface area contributed by atoms with Gasteiger partial charge in [-0.1, -0.05) is 36.8 Å². The number of hydrogen-bond acceptors (Lipinski definition) is 5. The molecule has 0 radical (unpaired) electrons. The average molecular weight is 547 g/mol. The van der Waals surface area contributed by atoms with Crippen molar-refractivity contribution in [2.45, 2.75) is 65.6 Å². The fourth-order valence-corrected chi connectivity index (χ4v) is 5.65. The van der Waals surface area contributed by atoms with Crippen LogP contribution in [0.1, 0.15) is 52.5 Å². The summed E-state index contributed by atoms with van der Waals surface area (Å²) in [5.74, 6) is 0.631. The number of piperazine rings is 1. The molecule has 7 nitrogen and oxygen atoms in total. The number of carbonyl (C=O) groups excluding carboxylic acids is 1. The van der Waals surface area contributed by atoms with Gasteiger partial charge in [0.2, 0.25) is 0 Å². The van der Waals surface area contributed by atoms with E-state index in [1.807, 2.05) is 26.8 Å². The lowest BCUT2D eigenvalue weighted by Gasteiger charge is -2.47. The fraction of sp³-hybridized carbons (Fsp3) is 0.586. The van der Waals surface area contributed by atoms with E-state index in [4.69, 9.17) is 11.6 Å². The Labute approximate surface area is 232 Å². The summed E-state index contributed by atoms with van der Waals surface area (Å²) in [6, 6.07) is 2.65. The van der Waals surface area contributed by atoms with Crippen molar-refractivity contribution in [2.75, 3.05) is 50.7 Å². The minimum atomic E-state index is -0.200. The molecule has 1 unspecified atom stereocenters. The highest BCUT2D eigenvalue weighted by Crippen LogP contribution is 2.30. The van der Waals surface area contributed by atoms with Crippen LogP contribution in [0.15, 0.2) is 48.0 Å². The van der Waals surface area contributed by atoms with Gasteiger partial charge in [0.1, 0.15) is 11.6 Å². The van der Waals surface area contributed by atoms with Crippen LogP contribution in [0.5, 0.6) is 0 Å². The van der Waals surface area contributed by atoms with E-state index in [1.165, 1.54) is 0 Å². The number of nitrogens with zero attached hydrogens (tertiary/aromatic N) is 4. The van der Waals surface area contributed by atoms with Crippen molar-refractivity contribution in [3.8, 4) is 0 Å². The number of hydrogen-bond donors (Lipinski definition) is 2. The van der Waals surface area contributed by atoms with Gasteiger partial charge in [-0.05, 0) is 70.8 Å². The molecule has 2 N–H and O–H groups in total. The molecule has 2 aliphatic rings. The molecule has 1 aromatic rings. The monoisotopic (exact) mass is 546 g/mol. The first-order chi connectivity index (χ1) is 18.2. The molecule has 3 rings (SSSR count). The molecule has 1 aromatic heterocycles. The van der Waals surface area contributed by atoms with Crippen LogP contribution in [0, 0.1) is 0 Å². The predicted octanol–water partition coefficient (Wildman–Crippen LogP) is 5.29. The van der Waals surface area contributed by atoms with Crippen molar-refractivity contribution in [1.29, 1.82) is 0 Å². The molecule has 0 aliphatic carbocycles. The summed E-state index contributed by atoms with van der Waals surface area (Å²) in [5.41, 5.74) is 2.49. The summed E-state index contributed by atoms with van der Waals surface area (Å²) >= 11 is 6.64. The van der Waals surface area contributed by atoms with Crippen molar-refractivity contribution in [3.63, 3.8) is 0 Å². The number of rotatable bonds is 10. The number of anilines is 1. The fourth-order valence-electron chi connectivity index (χ4n) is 5.34. The lowest BCUT2D eigenvalue weighted by atomic mass is 9.97. The second-order valence-corrected chi connectivity index (χ2v) is 10.8. The highest BCUT2D eigenvalue weighted by Gasteiger charge is 2.34. The minimum Gasteiger partial charge on any atom is -0.353 e.